The van der Waals surface area contributed by atoms with E-state index < -0.39 is 13.6 Å². The Morgan fingerprint density at radius 3 is 1.00 bits per heavy atom. The first-order valence-electron chi connectivity index (χ1n) is 0.698. The normalized spacial score (nSPS) is 7.25. The molecule has 0 saturated carbocycles. The largest absolute Gasteiger partial charge is 0 e. The fourth-order valence-corrected chi connectivity index (χ4v) is 0. The average Bonchev–Trinajstić information content (AvgIpc) is 0.722. The minimum atomic E-state index is -5.25. The van der Waals surface area contributed by atoms with E-state index in [0.717, 1.165) is 0 Å². The maximum absolute atomic E-state index is 8.82. The third-order valence-corrected chi connectivity index (χ3v) is 0. The topological polar surface area (TPSA) is 74.6 Å². The molecular weight excluding hydrogens is 286 g/mol. The SMILES string of the molecule is [KH].[O]=[Cr](=[O])([OH])[OH].[Zn].[Zn]. The van der Waals surface area contributed by atoms with E-state index in [2.05, 4.69) is 0 Å². The van der Waals surface area contributed by atoms with E-state index in [1.807, 2.05) is 0 Å². The Kier molecular flexibility index (Phi) is 27.9. The van der Waals surface area contributed by atoms with Crippen LogP contribution in [0.2, 0.25) is 0 Å². The quantitative estimate of drug-likeness (QED) is 0.505. The van der Waals surface area contributed by atoms with Crippen LogP contribution in [0.25, 0.3) is 0 Å². The molecule has 0 atom stereocenters. The Bertz CT molecular complexity index is 97.2. The number of rotatable bonds is 0. The Hall–Kier alpha value is 2.94. The van der Waals surface area contributed by atoms with Gasteiger partial charge in [0.25, 0.3) is 0 Å². The van der Waals surface area contributed by atoms with Crippen molar-refractivity contribution in [1.82, 2.24) is 0 Å². The van der Waals surface area contributed by atoms with Gasteiger partial charge in [-0.05, 0) is 0 Å². The van der Waals surface area contributed by atoms with E-state index in [9.17, 15) is 0 Å². The molecule has 0 aliphatic carbocycles. The molecule has 8 heteroatoms. The molecule has 0 radical (unpaired) electrons. The van der Waals surface area contributed by atoms with Crippen LogP contribution in [0.5, 0.6) is 0 Å². The van der Waals surface area contributed by atoms with E-state index >= 15 is 0 Å². The van der Waals surface area contributed by atoms with E-state index in [0.29, 0.717) is 0 Å². The van der Waals surface area contributed by atoms with Gasteiger partial charge >= 0.3 is 80.9 Å². The zero-order valence-electron chi connectivity index (χ0n) is 3.53. The smallest absolute Gasteiger partial charge is 0 e. The molecule has 0 fully saturated rings. The van der Waals surface area contributed by atoms with Crippen molar-refractivity contribution in [2.75, 3.05) is 0 Å². The molecule has 0 bridgehead atoms. The van der Waals surface area contributed by atoms with Gasteiger partial charge in [0.2, 0.25) is 0 Å². The molecule has 0 unspecified atom stereocenters. The van der Waals surface area contributed by atoms with Crippen LogP contribution in [0.1, 0.15) is 0 Å². The van der Waals surface area contributed by atoms with Crippen molar-refractivity contribution >= 4 is 51.4 Å². The van der Waals surface area contributed by atoms with E-state index in [-0.39, 0.29) is 90.3 Å². The van der Waals surface area contributed by atoms with Gasteiger partial charge < -0.3 is 0 Å². The summed E-state index contributed by atoms with van der Waals surface area (Å²) in [7, 11) is 0. The Balaban J connectivity index is -0.0000000267. The average molecular weight is 289 g/mol. The Morgan fingerprint density at radius 1 is 1.00 bits per heavy atom. The molecule has 0 aliphatic heterocycles. The first-order chi connectivity index (χ1) is 2.00. The van der Waals surface area contributed by atoms with Crippen molar-refractivity contribution in [2.24, 2.45) is 0 Å². The van der Waals surface area contributed by atoms with Gasteiger partial charge in [0.05, 0.1) is 0 Å². The second kappa shape index (κ2) is 9.94. The standard InChI is InChI=1S/Cr.K.2H2O.2O.2Zn.H/h;;2*1H2;;;;;/q+2;;;;;;;;/p-2. The van der Waals surface area contributed by atoms with Crippen molar-refractivity contribution in [3.8, 4) is 0 Å². The molecule has 38 valence electrons. The molecular formula is H3CrKO4Zn2. The summed E-state index contributed by atoms with van der Waals surface area (Å²) in [6.45, 7) is 0. The van der Waals surface area contributed by atoms with Crippen LogP contribution in [0, 0.1) is 0 Å². The molecule has 0 saturated heterocycles. The van der Waals surface area contributed by atoms with Crippen LogP contribution in [0.4, 0.5) is 0 Å². The second-order valence-electron chi connectivity index (χ2n) is 0.448. The first kappa shape index (κ1) is 22.4. The van der Waals surface area contributed by atoms with Crippen molar-refractivity contribution in [2.45, 2.75) is 0 Å². The van der Waals surface area contributed by atoms with Gasteiger partial charge in [-0.2, -0.15) is 0 Å². The molecule has 0 rings (SSSR count). The van der Waals surface area contributed by atoms with Crippen molar-refractivity contribution in [1.29, 1.82) is 0 Å². The van der Waals surface area contributed by atoms with E-state index in [4.69, 9.17) is 15.9 Å². The molecule has 0 amide bonds. The van der Waals surface area contributed by atoms with Crippen LogP contribution >= 0.6 is 0 Å². The van der Waals surface area contributed by atoms with Crippen molar-refractivity contribution in [3.05, 3.63) is 0 Å². The van der Waals surface area contributed by atoms with Gasteiger partial charge in [0.15, 0.2) is 0 Å². The van der Waals surface area contributed by atoms with Gasteiger partial charge in [-0.25, -0.2) is 0 Å². The molecule has 0 spiro atoms. The van der Waals surface area contributed by atoms with Crippen molar-refractivity contribution < 1.29 is 68.5 Å². The summed E-state index contributed by atoms with van der Waals surface area (Å²) in [5, 5.41) is 0. The van der Waals surface area contributed by atoms with Crippen molar-refractivity contribution in [3.63, 3.8) is 0 Å². The predicted molar refractivity (Wildman–Crippen MR) is 13.0 cm³/mol. The maximum atomic E-state index is 8.82. The summed E-state index contributed by atoms with van der Waals surface area (Å²) in [4.78, 5) is 0. The maximum Gasteiger partial charge on any atom is 0 e. The fraction of sp³-hybridized carbons (Fsp3) is 0. The molecule has 8 heavy (non-hydrogen) atoms. The van der Waals surface area contributed by atoms with Gasteiger partial charge in [0, 0.05) is 39.0 Å². The predicted octanol–water partition coefficient (Wildman–Crippen LogP) is -2.01. The third-order valence-electron chi connectivity index (χ3n) is 0. The zero-order valence-corrected chi connectivity index (χ0v) is 10.7. The summed E-state index contributed by atoms with van der Waals surface area (Å²) < 4.78 is 31.9. The minimum Gasteiger partial charge on any atom is 0 e. The first-order valence-corrected chi connectivity index (χ1v) is 2.88. The molecule has 0 aromatic carbocycles. The summed E-state index contributed by atoms with van der Waals surface area (Å²) in [5.74, 6) is 0. The van der Waals surface area contributed by atoms with E-state index in [1.165, 1.54) is 0 Å². The van der Waals surface area contributed by atoms with Gasteiger partial charge in [-0.3, -0.25) is 0 Å². The van der Waals surface area contributed by atoms with Gasteiger partial charge in [-0.15, -0.1) is 0 Å². The number of hydrogen-bond acceptors (Lipinski definition) is 2. The molecule has 4 nitrogen and oxygen atoms in total. The Morgan fingerprint density at radius 2 is 1.00 bits per heavy atom. The second-order valence-corrected chi connectivity index (χ2v) is 1.85. The third kappa shape index (κ3) is 65.3. The molecule has 0 aliphatic rings. The molecule has 2 N–H and O–H groups in total. The zero-order chi connectivity index (χ0) is 4.50. The minimum absolute atomic E-state index is 0. The van der Waals surface area contributed by atoms with Crippen LogP contribution in [-0.4, -0.2) is 59.7 Å². The van der Waals surface area contributed by atoms with E-state index in [1.54, 1.807) is 0 Å². The molecule has 0 aromatic rings. The Labute approximate surface area is 117 Å². The molecule has 0 heterocycles. The van der Waals surface area contributed by atoms with Crippen LogP contribution < -0.4 is 0 Å². The van der Waals surface area contributed by atoms with Gasteiger partial charge in [0.1, 0.15) is 0 Å². The van der Waals surface area contributed by atoms with Crippen LogP contribution in [0.15, 0.2) is 0 Å². The van der Waals surface area contributed by atoms with Gasteiger partial charge in [-0.1, -0.05) is 0 Å². The van der Waals surface area contributed by atoms with Crippen LogP contribution in [0.3, 0.4) is 0 Å². The number of hydrogen-bond donors (Lipinski definition) is 2. The fourth-order valence-electron chi connectivity index (χ4n) is 0. The monoisotopic (exact) mass is 286 g/mol. The summed E-state index contributed by atoms with van der Waals surface area (Å²) in [6.07, 6.45) is 0. The summed E-state index contributed by atoms with van der Waals surface area (Å²) >= 11 is -5.25. The summed E-state index contributed by atoms with van der Waals surface area (Å²) in [6, 6.07) is 0. The summed E-state index contributed by atoms with van der Waals surface area (Å²) in [5.41, 5.74) is 0. The molecule has 0 aromatic heterocycles. The van der Waals surface area contributed by atoms with Crippen LogP contribution in [-0.2, 0) is 60.2 Å².